The zero-order valence-electron chi connectivity index (χ0n) is 27.4. The van der Waals surface area contributed by atoms with Crippen molar-refractivity contribution in [2.75, 3.05) is 38.2 Å². The van der Waals surface area contributed by atoms with E-state index in [1.165, 1.54) is 0 Å². The highest BCUT2D eigenvalue weighted by atomic mass is 16.5. The van der Waals surface area contributed by atoms with E-state index >= 15 is 0 Å². The second-order valence-electron chi connectivity index (χ2n) is 13.3. The molecule has 0 radical (unpaired) electrons. The Kier molecular flexibility index (Phi) is 11.2. The predicted octanol–water partition coefficient (Wildman–Crippen LogP) is 4.89. The Hall–Kier alpha value is -4.47. The monoisotopic (exact) mass is 650 g/mol. The van der Waals surface area contributed by atoms with Crippen LogP contribution in [0.3, 0.4) is 0 Å². The average molecular weight is 651 g/mol. The number of fused-ring (bicyclic) bond motifs is 1. The normalized spacial score (nSPS) is 23.1. The fourth-order valence-corrected chi connectivity index (χ4v) is 6.98. The van der Waals surface area contributed by atoms with E-state index in [4.69, 9.17) is 9.47 Å². The Morgan fingerprint density at radius 2 is 1.60 bits per heavy atom. The zero-order chi connectivity index (χ0) is 33.2. The van der Waals surface area contributed by atoms with Crippen molar-refractivity contribution >= 4 is 23.4 Å². The first-order valence-corrected chi connectivity index (χ1v) is 17.1. The average Bonchev–Trinajstić information content (AvgIpc) is 3.11. The lowest BCUT2D eigenvalue weighted by molar-refractivity contribution is -0.140. The molecule has 3 heterocycles. The van der Waals surface area contributed by atoms with Crippen molar-refractivity contribution in [1.29, 1.82) is 0 Å². The van der Waals surface area contributed by atoms with Crippen LogP contribution in [-0.4, -0.2) is 67.6 Å². The number of anilines is 1. The summed E-state index contributed by atoms with van der Waals surface area (Å²) < 4.78 is 11.5. The van der Waals surface area contributed by atoms with Crippen molar-refractivity contribution in [1.82, 2.24) is 15.5 Å². The zero-order valence-corrected chi connectivity index (χ0v) is 27.4. The van der Waals surface area contributed by atoms with Crippen molar-refractivity contribution in [3.8, 4) is 5.75 Å². The first-order valence-electron chi connectivity index (χ1n) is 17.1. The number of amides is 3. The van der Waals surface area contributed by atoms with Crippen LogP contribution in [0, 0.1) is 11.3 Å². The maximum Gasteiger partial charge on any atom is 0.243 e. The molecule has 3 aromatic carbocycles. The highest BCUT2D eigenvalue weighted by Crippen LogP contribution is 2.36. The molecule has 3 aliphatic heterocycles. The van der Waals surface area contributed by atoms with Gasteiger partial charge in [-0.25, -0.2) is 0 Å². The van der Waals surface area contributed by atoms with Gasteiger partial charge in [-0.3, -0.25) is 19.3 Å². The first kappa shape index (κ1) is 33.4. The van der Waals surface area contributed by atoms with Crippen LogP contribution >= 0.6 is 0 Å². The van der Waals surface area contributed by atoms with Crippen LogP contribution in [-0.2, 0) is 32.1 Å². The summed E-state index contributed by atoms with van der Waals surface area (Å²) in [6.45, 7) is 3.18. The molecule has 2 saturated heterocycles. The number of carbonyl (C=O) groups is 3. The highest BCUT2D eigenvalue weighted by molar-refractivity contribution is 5.92. The van der Waals surface area contributed by atoms with Gasteiger partial charge >= 0.3 is 0 Å². The Morgan fingerprint density at radius 3 is 2.33 bits per heavy atom. The molecule has 3 amide bonds. The second-order valence-corrected chi connectivity index (χ2v) is 13.3. The molecule has 0 unspecified atom stereocenters. The quantitative estimate of drug-likeness (QED) is 0.300. The van der Waals surface area contributed by atoms with Crippen molar-refractivity contribution in [2.45, 2.75) is 57.2 Å². The van der Waals surface area contributed by atoms with E-state index in [-0.39, 0.29) is 36.2 Å². The summed E-state index contributed by atoms with van der Waals surface area (Å²) in [5.74, 6) is 0.567. The molecule has 0 aromatic heterocycles. The number of hydrogen-bond acceptors (Lipinski definition) is 6. The third-order valence-electron chi connectivity index (χ3n) is 9.85. The summed E-state index contributed by atoms with van der Waals surface area (Å²) in [5, 5.41) is 9.48. The van der Waals surface area contributed by atoms with Crippen molar-refractivity contribution in [3.05, 3.63) is 108 Å². The molecule has 3 aliphatic rings. The van der Waals surface area contributed by atoms with Crippen LogP contribution < -0.4 is 20.7 Å². The Bertz CT molecular complexity index is 1540. The molecule has 6 rings (SSSR count). The van der Waals surface area contributed by atoms with E-state index in [1.54, 1.807) is 0 Å². The van der Waals surface area contributed by atoms with Crippen LogP contribution in [0.1, 0.15) is 43.2 Å². The van der Waals surface area contributed by atoms with Crippen LogP contribution in [0.15, 0.2) is 97.1 Å². The molecule has 0 aliphatic carbocycles. The molecule has 9 nitrogen and oxygen atoms in total. The SMILES string of the molecule is O=C(CN1CC[C@H]2NC(=O)[C@@H](Cc3ccccc3)NC(=O)C3(CC=CC[C@H]2C1)CCOCC3)Nc1ccc(OCc2ccccc2)cc1. The van der Waals surface area contributed by atoms with Gasteiger partial charge in [0.15, 0.2) is 0 Å². The van der Waals surface area contributed by atoms with Gasteiger partial charge in [0.2, 0.25) is 17.7 Å². The molecule has 0 saturated carbocycles. The minimum atomic E-state index is -0.678. The fourth-order valence-electron chi connectivity index (χ4n) is 6.98. The van der Waals surface area contributed by atoms with Crippen molar-refractivity contribution < 1.29 is 23.9 Å². The van der Waals surface area contributed by atoms with Crippen LogP contribution in [0.4, 0.5) is 5.69 Å². The van der Waals surface area contributed by atoms with Gasteiger partial charge in [0.25, 0.3) is 0 Å². The molecule has 3 N–H and O–H groups in total. The summed E-state index contributed by atoms with van der Waals surface area (Å²) in [5.41, 5.74) is 2.22. The Balaban J connectivity index is 1.08. The first-order chi connectivity index (χ1) is 23.5. The van der Waals surface area contributed by atoms with Gasteiger partial charge in [0.1, 0.15) is 18.4 Å². The fraction of sp³-hybridized carbons (Fsp3) is 0.410. The molecular formula is C39H46N4O5. The van der Waals surface area contributed by atoms with E-state index in [9.17, 15) is 14.4 Å². The lowest BCUT2D eigenvalue weighted by Crippen LogP contribution is -2.58. The molecule has 252 valence electrons. The molecule has 1 spiro atoms. The van der Waals surface area contributed by atoms with Crippen molar-refractivity contribution in [3.63, 3.8) is 0 Å². The maximum absolute atomic E-state index is 13.9. The van der Waals surface area contributed by atoms with Gasteiger partial charge in [-0.05, 0) is 73.4 Å². The van der Waals surface area contributed by atoms with Crippen LogP contribution in [0.5, 0.6) is 5.75 Å². The molecular weight excluding hydrogens is 604 g/mol. The lowest BCUT2D eigenvalue weighted by Gasteiger charge is -2.40. The van der Waals surface area contributed by atoms with E-state index in [1.807, 2.05) is 84.9 Å². The molecule has 48 heavy (non-hydrogen) atoms. The smallest absolute Gasteiger partial charge is 0.243 e. The number of rotatable bonds is 8. The number of nitrogens with one attached hydrogen (secondary N) is 3. The molecule has 9 heteroatoms. The highest BCUT2D eigenvalue weighted by Gasteiger charge is 2.41. The second kappa shape index (κ2) is 16.1. The van der Waals surface area contributed by atoms with Crippen molar-refractivity contribution in [2.24, 2.45) is 11.3 Å². The third kappa shape index (κ3) is 8.90. The summed E-state index contributed by atoms with van der Waals surface area (Å²) in [6, 6.07) is 26.5. The van der Waals surface area contributed by atoms with Gasteiger partial charge in [0, 0.05) is 44.5 Å². The Morgan fingerprint density at radius 1 is 0.896 bits per heavy atom. The number of ether oxygens (including phenoxy) is 2. The topological polar surface area (TPSA) is 109 Å². The van der Waals surface area contributed by atoms with Crippen LogP contribution in [0.25, 0.3) is 0 Å². The van der Waals surface area contributed by atoms with Crippen LogP contribution in [0.2, 0.25) is 0 Å². The van der Waals surface area contributed by atoms with E-state index in [0.717, 1.165) is 35.4 Å². The van der Waals surface area contributed by atoms with Gasteiger partial charge in [0.05, 0.1) is 12.0 Å². The van der Waals surface area contributed by atoms with Gasteiger partial charge < -0.3 is 25.4 Å². The summed E-state index contributed by atoms with van der Waals surface area (Å²) in [6.07, 6.45) is 8.05. The number of carbonyl (C=O) groups excluding carboxylic acids is 3. The predicted molar refractivity (Wildman–Crippen MR) is 185 cm³/mol. The number of likely N-dealkylation sites (tertiary alicyclic amines) is 1. The molecule has 0 bridgehead atoms. The Labute approximate surface area is 283 Å². The summed E-state index contributed by atoms with van der Waals surface area (Å²) in [4.78, 5) is 42.9. The summed E-state index contributed by atoms with van der Waals surface area (Å²) >= 11 is 0. The van der Waals surface area contributed by atoms with E-state index < -0.39 is 11.5 Å². The molecule has 3 atom stereocenters. The standard InChI is InChI=1S/C39H46N4O5/c44-36(40-32-14-16-33(17-15-32)48-28-30-11-5-2-6-12-30)27-43-22-18-34-31(26-43)13-7-8-19-39(20-23-47-24-21-39)38(46)42-35(37(45)41-34)25-29-9-3-1-4-10-29/h1-12,14-17,31,34-35H,13,18-28H2,(H,40,44)(H,41,45)(H,42,46)/t31-,34+,35+/m0/s1. The lowest BCUT2D eigenvalue weighted by atomic mass is 9.75. The van der Waals surface area contributed by atoms with E-state index in [0.29, 0.717) is 58.6 Å². The number of allylic oxidation sites excluding steroid dienone is 2. The molecule has 3 aromatic rings. The minimum Gasteiger partial charge on any atom is -0.489 e. The number of benzene rings is 3. The largest absolute Gasteiger partial charge is 0.489 e. The minimum absolute atomic E-state index is 0.0588. The maximum atomic E-state index is 13.9. The number of nitrogens with zero attached hydrogens (tertiary/aromatic N) is 1. The number of hydrogen-bond donors (Lipinski definition) is 3. The van der Waals surface area contributed by atoms with Gasteiger partial charge in [-0.1, -0.05) is 72.8 Å². The van der Waals surface area contributed by atoms with E-state index in [2.05, 4.69) is 33.0 Å². The summed E-state index contributed by atoms with van der Waals surface area (Å²) in [7, 11) is 0. The molecule has 2 fully saturated rings. The third-order valence-corrected chi connectivity index (χ3v) is 9.85. The van der Waals surface area contributed by atoms with Gasteiger partial charge in [-0.15, -0.1) is 0 Å². The van der Waals surface area contributed by atoms with Gasteiger partial charge in [-0.2, -0.15) is 0 Å². The number of piperidine rings is 1.